The Morgan fingerprint density at radius 2 is 2.38 bits per heavy atom. The normalized spacial score (nSPS) is 18.5. The molecule has 2 heterocycles. The number of hydrogen-bond acceptors (Lipinski definition) is 2. The summed E-state index contributed by atoms with van der Waals surface area (Å²) in [6.07, 6.45) is 3.04. The third kappa shape index (κ3) is 5.34. The molecular weight excluding hydrogens is 403 g/mol. The van der Waals surface area contributed by atoms with E-state index in [9.17, 15) is 0 Å². The number of aliphatic imine (C=N–C) groups is 1. The predicted octanol–water partition coefficient (Wildman–Crippen LogP) is 2.34. The molecule has 7 heteroatoms. The standard InChI is InChI=1S/C14H23ClN4O.HI/c1-16-14(17-7-11-4-5-20-10-11)19(3)9-13-6-12(15)8-18(13)2;/h6,8,11H,4-5,7,9-10H2,1-3H3,(H,16,17);1H. The van der Waals surface area contributed by atoms with Gasteiger partial charge in [0.05, 0.1) is 18.2 Å². The largest absolute Gasteiger partial charge is 0.381 e. The molecule has 1 aromatic heterocycles. The van der Waals surface area contributed by atoms with Crippen molar-refractivity contribution in [2.24, 2.45) is 18.0 Å². The summed E-state index contributed by atoms with van der Waals surface area (Å²) >= 11 is 6.01. The number of guanidine groups is 1. The van der Waals surface area contributed by atoms with Gasteiger partial charge < -0.3 is 19.5 Å². The number of ether oxygens (including phenoxy) is 1. The maximum absolute atomic E-state index is 6.01. The average Bonchev–Trinajstić information content (AvgIpc) is 3.01. The van der Waals surface area contributed by atoms with Crippen LogP contribution in [0.5, 0.6) is 0 Å². The lowest BCUT2D eigenvalue weighted by atomic mass is 10.1. The van der Waals surface area contributed by atoms with E-state index in [2.05, 4.69) is 15.2 Å². The number of aryl methyl sites for hydroxylation is 1. The molecule has 1 fully saturated rings. The van der Waals surface area contributed by atoms with Crippen LogP contribution in [0.3, 0.4) is 0 Å². The van der Waals surface area contributed by atoms with Crippen LogP contribution in [0.1, 0.15) is 12.1 Å². The first kappa shape index (κ1) is 18.6. The molecule has 1 aromatic rings. The molecule has 5 nitrogen and oxygen atoms in total. The minimum Gasteiger partial charge on any atom is -0.381 e. The van der Waals surface area contributed by atoms with Crippen LogP contribution in [0.2, 0.25) is 5.02 Å². The fourth-order valence-corrected chi connectivity index (χ4v) is 2.68. The molecule has 1 aliphatic rings. The Hall–Kier alpha value is -0.470. The molecule has 0 aliphatic carbocycles. The van der Waals surface area contributed by atoms with E-state index in [1.165, 1.54) is 0 Å². The van der Waals surface area contributed by atoms with Crippen LogP contribution in [0.25, 0.3) is 0 Å². The van der Waals surface area contributed by atoms with Crippen LogP contribution >= 0.6 is 35.6 Å². The molecule has 1 saturated heterocycles. The third-order valence-corrected chi connectivity index (χ3v) is 3.83. The molecule has 0 bridgehead atoms. The first-order chi connectivity index (χ1) is 9.60. The van der Waals surface area contributed by atoms with Crippen LogP contribution in [0.4, 0.5) is 0 Å². The van der Waals surface area contributed by atoms with Crippen LogP contribution in [0.15, 0.2) is 17.3 Å². The smallest absolute Gasteiger partial charge is 0.193 e. The lowest BCUT2D eigenvalue weighted by Gasteiger charge is -2.23. The Balaban J connectivity index is 0.00000220. The molecule has 2 rings (SSSR count). The summed E-state index contributed by atoms with van der Waals surface area (Å²) in [6, 6.07) is 1.98. The van der Waals surface area contributed by atoms with Gasteiger partial charge in [0.25, 0.3) is 0 Å². The number of halogens is 2. The summed E-state index contributed by atoms with van der Waals surface area (Å²) in [4.78, 5) is 6.43. The number of nitrogens with one attached hydrogen (secondary N) is 1. The fourth-order valence-electron chi connectivity index (χ4n) is 2.41. The topological polar surface area (TPSA) is 41.8 Å². The Bertz CT molecular complexity index is 472. The zero-order chi connectivity index (χ0) is 14.5. The quantitative estimate of drug-likeness (QED) is 0.456. The van der Waals surface area contributed by atoms with Gasteiger partial charge in [-0.25, -0.2) is 0 Å². The molecule has 1 N–H and O–H groups in total. The van der Waals surface area contributed by atoms with Crippen LogP contribution in [-0.2, 0) is 18.3 Å². The number of rotatable bonds is 4. The van der Waals surface area contributed by atoms with Crippen LogP contribution < -0.4 is 5.32 Å². The molecule has 21 heavy (non-hydrogen) atoms. The molecule has 0 saturated carbocycles. The zero-order valence-electron chi connectivity index (χ0n) is 12.8. The second kappa shape index (κ2) is 8.85. The van der Waals surface area contributed by atoms with Gasteiger partial charge in [-0.3, -0.25) is 4.99 Å². The first-order valence-electron chi connectivity index (χ1n) is 6.90. The van der Waals surface area contributed by atoms with Crippen LogP contribution in [0, 0.1) is 5.92 Å². The van der Waals surface area contributed by atoms with Crippen molar-refractivity contribution in [1.82, 2.24) is 14.8 Å². The molecular formula is C14H24ClIN4O. The van der Waals surface area contributed by atoms with Gasteiger partial charge in [0, 0.05) is 52.1 Å². The Morgan fingerprint density at radius 3 is 2.90 bits per heavy atom. The molecule has 0 radical (unpaired) electrons. The van der Waals surface area contributed by atoms with Crippen molar-refractivity contribution < 1.29 is 4.74 Å². The van der Waals surface area contributed by atoms with Gasteiger partial charge in [-0.2, -0.15) is 0 Å². The Kier molecular flexibility index (Phi) is 7.83. The SMILES string of the molecule is CN=C(NCC1CCOC1)N(C)Cc1cc(Cl)cn1C.I. The summed E-state index contributed by atoms with van der Waals surface area (Å²) in [5.41, 5.74) is 1.16. The van der Waals surface area contributed by atoms with Crippen LogP contribution in [-0.4, -0.2) is 49.3 Å². The molecule has 1 aliphatic heterocycles. The minimum atomic E-state index is 0. The fraction of sp³-hybridized carbons (Fsp3) is 0.643. The highest BCUT2D eigenvalue weighted by molar-refractivity contribution is 14.0. The van der Waals surface area contributed by atoms with Gasteiger partial charge in [-0.15, -0.1) is 24.0 Å². The van der Waals surface area contributed by atoms with Gasteiger partial charge in [0.15, 0.2) is 5.96 Å². The third-order valence-electron chi connectivity index (χ3n) is 3.62. The highest BCUT2D eigenvalue weighted by Crippen LogP contribution is 2.14. The van der Waals surface area contributed by atoms with E-state index in [4.69, 9.17) is 16.3 Å². The van der Waals surface area contributed by atoms with Gasteiger partial charge in [-0.1, -0.05) is 11.6 Å². The Labute approximate surface area is 148 Å². The highest BCUT2D eigenvalue weighted by Gasteiger charge is 2.17. The van der Waals surface area contributed by atoms with E-state index in [-0.39, 0.29) is 24.0 Å². The van der Waals surface area contributed by atoms with Crippen molar-refractivity contribution in [3.8, 4) is 0 Å². The number of aromatic nitrogens is 1. The minimum absolute atomic E-state index is 0. The molecule has 1 atom stereocenters. The van der Waals surface area contributed by atoms with E-state index in [1.807, 2.05) is 38.0 Å². The lowest BCUT2D eigenvalue weighted by molar-refractivity contribution is 0.186. The first-order valence-corrected chi connectivity index (χ1v) is 7.28. The van der Waals surface area contributed by atoms with Gasteiger partial charge >= 0.3 is 0 Å². The van der Waals surface area contributed by atoms with E-state index < -0.39 is 0 Å². The zero-order valence-corrected chi connectivity index (χ0v) is 15.9. The van der Waals surface area contributed by atoms with Crippen molar-refractivity contribution >= 4 is 41.5 Å². The van der Waals surface area contributed by atoms with Gasteiger partial charge in [0.2, 0.25) is 0 Å². The number of nitrogens with zero attached hydrogens (tertiary/aromatic N) is 3. The maximum Gasteiger partial charge on any atom is 0.193 e. The summed E-state index contributed by atoms with van der Waals surface area (Å²) < 4.78 is 7.42. The molecule has 0 amide bonds. The maximum atomic E-state index is 6.01. The monoisotopic (exact) mass is 426 g/mol. The second-order valence-electron chi connectivity index (χ2n) is 5.27. The molecule has 1 unspecified atom stereocenters. The van der Waals surface area contributed by atoms with E-state index in [1.54, 1.807) is 0 Å². The van der Waals surface area contributed by atoms with Crippen molar-refractivity contribution in [2.45, 2.75) is 13.0 Å². The summed E-state index contributed by atoms with van der Waals surface area (Å²) in [5, 5.41) is 4.18. The number of hydrogen-bond donors (Lipinski definition) is 1. The summed E-state index contributed by atoms with van der Waals surface area (Å²) in [6.45, 7) is 3.40. The van der Waals surface area contributed by atoms with E-state index in [0.717, 1.165) is 49.4 Å². The average molecular weight is 427 g/mol. The van der Waals surface area contributed by atoms with Crippen molar-refractivity contribution in [3.63, 3.8) is 0 Å². The lowest BCUT2D eigenvalue weighted by Crippen LogP contribution is -2.41. The summed E-state index contributed by atoms with van der Waals surface area (Å²) in [7, 11) is 5.84. The highest BCUT2D eigenvalue weighted by atomic mass is 127. The van der Waals surface area contributed by atoms with E-state index in [0.29, 0.717) is 5.92 Å². The second-order valence-corrected chi connectivity index (χ2v) is 5.71. The van der Waals surface area contributed by atoms with E-state index >= 15 is 0 Å². The van der Waals surface area contributed by atoms with Crippen molar-refractivity contribution in [2.75, 3.05) is 33.9 Å². The Morgan fingerprint density at radius 1 is 1.62 bits per heavy atom. The van der Waals surface area contributed by atoms with Gasteiger partial charge in [-0.05, 0) is 12.5 Å². The molecule has 0 spiro atoms. The van der Waals surface area contributed by atoms with Gasteiger partial charge in [0.1, 0.15) is 0 Å². The van der Waals surface area contributed by atoms with Crippen molar-refractivity contribution in [1.29, 1.82) is 0 Å². The van der Waals surface area contributed by atoms with Crippen molar-refractivity contribution in [3.05, 3.63) is 23.0 Å². The predicted molar refractivity (Wildman–Crippen MR) is 97.6 cm³/mol. The summed E-state index contributed by atoms with van der Waals surface area (Å²) in [5.74, 6) is 1.49. The molecule has 120 valence electrons. The molecule has 0 aromatic carbocycles.